The van der Waals surface area contributed by atoms with Crippen LogP contribution in [0.5, 0.6) is 0 Å². The van der Waals surface area contributed by atoms with Crippen LogP contribution in [0.15, 0.2) is 42.1 Å². The highest BCUT2D eigenvalue weighted by atomic mass is 32.2. The second kappa shape index (κ2) is 7.78. The van der Waals surface area contributed by atoms with Gasteiger partial charge in [-0.25, -0.2) is 18.2 Å². The fourth-order valence-electron chi connectivity index (χ4n) is 2.81. The van der Waals surface area contributed by atoms with Gasteiger partial charge in [0.15, 0.2) is 16.4 Å². The molecule has 0 aliphatic carbocycles. The van der Waals surface area contributed by atoms with Gasteiger partial charge in [0, 0.05) is 12.5 Å². The van der Waals surface area contributed by atoms with Crippen molar-refractivity contribution in [2.45, 2.75) is 18.9 Å². The van der Waals surface area contributed by atoms with Crippen molar-refractivity contribution < 1.29 is 27.5 Å². The van der Waals surface area contributed by atoms with E-state index in [1.807, 2.05) is 0 Å². The summed E-state index contributed by atoms with van der Waals surface area (Å²) in [6, 6.07) is 8.28. The molecule has 3 rings (SSSR count). The van der Waals surface area contributed by atoms with Crippen LogP contribution in [-0.4, -0.2) is 50.4 Å². The molecule has 9 nitrogen and oxygen atoms in total. The molecule has 1 atom stereocenters. The monoisotopic (exact) mass is 393 g/mol. The van der Waals surface area contributed by atoms with Gasteiger partial charge in [-0.15, -0.1) is 0 Å². The van der Waals surface area contributed by atoms with E-state index in [0.29, 0.717) is 12.1 Å². The normalized spacial score (nSPS) is 21.2. The molecule has 0 unspecified atom stereocenters. The van der Waals surface area contributed by atoms with Crippen LogP contribution in [0.4, 0.5) is 5.69 Å². The number of rotatable bonds is 5. The predicted octanol–water partition coefficient (Wildman–Crippen LogP) is -0.342. The molecular formula is C17H19N3O6S. The summed E-state index contributed by atoms with van der Waals surface area (Å²) in [7, 11) is -3.11. The molecule has 0 bridgehead atoms. The summed E-state index contributed by atoms with van der Waals surface area (Å²) in [5.74, 6) is -1.65. The lowest BCUT2D eigenvalue weighted by Crippen LogP contribution is -2.47. The number of benzene rings is 1. The van der Waals surface area contributed by atoms with Crippen LogP contribution >= 0.6 is 0 Å². The summed E-state index contributed by atoms with van der Waals surface area (Å²) in [5.41, 5.74) is 3.31. The zero-order valence-electron chi connectivity index (χ0n) is 14.4. The van der Waals surface area contributed by atoms with Crippen molar-refractivity contribution in [1.82, 2.24) is 10.7 Å². The molecule has 2 N–H and O–H groups in total. The van der Waals surface area contributed by atoms with Crippen LogP contribution in [0.1, 0.15) is 12.8 Å². The number of carbonyl (C=O) groups is 3. The Morgan fingerprint density at radius 2 is 2.00 bits per heavy atom. The first-order chi connectivity index (χ1) is 12.8. The van der Waals surface area contributed by atoms with E-state index in [1.54, 1.807) is 30.3 Å². The third kappa shape index (κ3) is 4.85. The number of sulfone groups is 1. The fraction of sp³-hybridized carbons (Fsp3) is 0.353. The Labute approximate surface area is 156 Å². The minimum atomic E-state index is -3.11. The highest BCUT2D eigenvalue weighted by Gasteiger charge is 2.29. The quantitative estimate of drug-likeness (QED) is 0.656. The highest BCUT2D eigenvalue weighted by Crippen LogP contribution is 2.17. The Morgan fingerprint density at radius 1 is 1.26 bits per heavy atom. The van der Waals surface area contributed by atoms with Gasteiger partial charge in [-0.2, -0.15) is 0 Å². The maximum absolute atomic E-state index is 12.2. The standard InChI is InChI=1S/C17H19N3O6S/c21-15(18-12-8-9-27(24,25)11-12)10-26-17(23)14-6-7-16(22)20(19-14)13-4-2-1-3-5-13/h1-6,12,19H,7-11H2,(H,18,21)/t12-/m1/s1. The number of hydrazine groups is 1. The van der Waals surface area contributed by atoms with E-state index in [1.165, 1.54) is 11.1 Å². The Balaban J connectivity index is 1.52. The molecule has 1 aromatic rings. The number of nitrogens with one attached hydrogen (secondary N) is 2. The van der Waals surface area contributed by atoms with E-state index in [-0.39, 0.29) is 29.5 Å². The lowest BCUT2D eigenvalue weighted by atomic mass is 10.2. The van der Waals surface area contributed by atoms with Crippen molar-refractivity contribution in [3.8, 4) is 0 Å². The zero-order chi connectivity index (χ0) is 19.4. The largest absolute Gasteiger partial charge is 0.451 e. The predicted molar refractivity (Wildman–Crippen MR) is 95.9 cm³/mol. The molecule has 0 radical (unpaired) electrons. The van der Waals surface area contributed by atoms with Crippen LogP contribution in [-0.2, 0) is 29.0 Å². The van der Waals surface area contributed by atoms with Gasteiger partial charge in [0.1, 0.15) is 5.70 Å². The zero-order valence-corrected chi connectivity index (χ0v) is 15.2. The lowest BCUT2D eigenvalue weighted by Gasteiger charge is -2.28. The molecule has 1 aromatic carbocycles. The summed E-state index contributed by atoms with van der Waals surface area (Å²) >= 11 is 0. The molecular weight excluding hydrogens is 374 g/mol. The number of carbonyl (C=O) groups excluding carboxylic acids is 3. The first-order valence-corrected chi connectivity index (χ1v) is 10.2. The van der Waals surface area contributed by atoms with Crippen molar-refractivity contribution in [2.75, 3.05) is 23.1 Å². The summed E-state index contributed by atoms with van der Waals surface area (Å²) < 4.78 is 27.7. The number of esters is 1. The van der Waals surface area contributed by atoms with Gasteiger partial charge in [-0.05, 0) is 24.6 Å². The maximum atomic E-state index is 12.2. The minimum absolute atomic E-state index is 0.0124. The average molecular weight is 393 g/mol. The molecule has 144 valence electrons. The first-order valence-electron chi connectivity index (χ1n) is 8.36. The molecule has 0 saturated carbocycles. The molecule has 2 heterocycles. The van der Waals surface area contributed by atoms with Gasteiger partial charge < -0.3 is 10.1 Å². The van der Waals surface area contributed by atoms with E-state index in [9.17, 15) is 22.8 Å². The van der Waals surface area contributed by atoms with E-state index in [4.69, 9.17) is 4.74 Å². The number of hydrogen-bond donors (Lipinski definition) is 2. The number of ether oxygens (including phenoxy) is 1. The Kier molecular flexibility index (Phi) is 5.45. The SMILES string of the molecule is O=C(COC(=O)C1=CCC(=O)N(c2ccccc2)N1)N[C@@H]1CCS(=O)(=O)C1. The lowest BCUT2D eigenvalue weighted by molar-refractivity contribution is -0.145. The molecule has 10 heteroatoms. The Hall–Kier alpha value is -2.88. The summed E-state index contributed by atoms with van der Waals surface area (Å²) in [4.78, 5) is 36.0. The van der Waals surface area contributed by atoms with Gasteiger partial charge in [-0.3, -0.25) is 15.0 Å². The number of amides is 2. The number of para-hydroxylation sites is 1. The highest BCUT2D eigenvalue weighted by molar-refractivity contribution is 7.91. The minimum Gasteiger partial charge on any atom is -0.451 e. The molecule has 1 saturated heterocycles. The molecule has 2 amide bonds. The van der Waals surface area contributed by atoms with Crippen LogP contribution < -0.4 is 15.8 Å². The number of anilines is 1. The molecule has 0 aromatic heterocycles. The van der Waals surface area contributed by atoms with Gasteiger partial charge in [-0.1, -0.05) is 18.2 Å². The number of hydrogen-bond acceptors (Lipinski definition) is 7. The second-order valence-electron chi connectivity index (χ2n) is 6.24. The Bertz CT molecular complexity index is 881. The summed E-state index contributed by atoms with van der Waals surface area (Å²) in [6.45, 7) is -0.534. The molecule has 2 aliphatic heterocycles. The van der Waals surface area contributed by atoms with Gasteiger partial charge in [0.2, 0.25) is 5.91 Å². The van der Waals surface area contributed by atoms with E-state index in [2.05, 4.69) is 10.7 Å². The molecule has 1 fully saturated rings. The maximum Gasteiger partial charge on any atom is 0.356 e. The average Bonchev–Trinajstić information content (AvgIpc) is 2.99. The van der Waals surface area contributed by atoms with Crippen molar-refractivity contribution in [1.29, 1.82) is 0 Å². The summed E-state index contributed by atoms with van der Waals surface area (Å²) in [6.07, 6.45) is 1.76. The van der Waals surface area contributed by atoms with Gasteiger partial charge in [0.05, 0.1) is 17.2 Å². The van der Waals surface area contributed by atoms with Gasteiger partial charge in [0.25, 0.3) is 5.91 Å². The number of nitrogens with zero attached hydrogens (tertiary/aromatic N) is 1. The van der Waals surface area contributed by atoms with Crippen molar-refractivity contribution >= 4 is 33.3 Å². The summed E-state index contributed by atoms with van der Waals surface area (Å²) in [5, 5.41) is 3.77. The third-order valence-electron chi connectivity index (χ3n) is 4.13. The molecule has 27 heavy (non-hydrogen) atoms. The smallest absolute Gasteiger partial charge is 0.356 e. The van der Waals surface area contributed by atoms with Crippen LogP contribution in [0.2, 0.25) is 0 Å². The third-order valence-corrected chi connectivity index (χ3v) is 5.90. The van der Waals surface area contributed by atoms with Gasteiger partial charge >= 0.3 is 5.97 Å². The first kappa shape index (κ1) is 18.9. The van der Waals surface area contributed by atoms with E-state index >= 15 is 0 Å². The fourth-order valence-corrected chi connectivity index (χ4v) is 4.48. The van der Waals surface area contributed by atoms with E-state index < -0.39 is 34.4 Å². The second-order valence-corrected chi connectivity index (χ2v) is 8.47. The van der Waals surface area contributed by atoms with Crippen molar-refractivity contribution in [2.24, 2.45) is 0 Å². The van der Waals surface area contributed by atoms with Crippen molar-refractivity contribution in [3.63, 3.8) is 0 Å². The van der Waals surface area contributed by atoms with Crippen LogP contribution in [0.3, 0.4) is 0 Å². The van der Waals surface area contributed by atoms with Crippen LogP contribution in [0, 0.1) is 0 Å². The molecule has 0 spiro atoms. The molecule has 2 aliphatic rings. The van der Waals surface area contributed by atoms with E-state index in [0.717, 1.165) is 0 Å². The Morgan fingerprint density at radius 3 is 2.67 bits per heavy atom. The topological polar surface area (TPSA) is 122 Å². The van der Waals surface area contributed by atoms with Crippen molar-refractivity contribution in [3.05, 3.63) is 42.1 Å². The van der Waals surface area contributed by atoms with Crippen LogP contribution in [0.25, 0.3) is 0 Å².